The first kappa shape index (κ1) is 13.3. The van der Waals surface area contributed by atoms with Crippen LogP contribution >= 0.6 is 0 Å². The lowest BCUT2D eigenvalue weighted by atomic mass is 9.90. The van der Waals surface area contributed by atoms with E-state index in [2.05, 4.69) is 17.5 Å². The van der Waals surface area contributed by atoms with Crippen LogP contribution < -0.4 is 5.43 Å². The highest BCUT2D eigenvalue weighted by Gasteiger charge is 2.64. The van der Waals surface area contributed by atoms with Crippen LogP contribution in [0.4, 0.5) is 4.39 Å². The van der Waals surface area contributed by atoms with E-state index in [1.54, 1.807) is 18.3 Å². The minimum atomic E-state index is -0.277. The van der Waals surface area contributed by atoms with E-state index >= 15 is 0 Å². The Bertz CT molecular complexity index is 540. The number of hydrogen-bond donors (Lipinski definition) is 1. The monoisotopic (exact) mass is 274 g/mol. The second-order valence-electron chi connectivity index (χ2n) is 6.12. The van der Waals surface area contributed by atoms with Gasteiger partial charge in [-0.2, -0.15) is 5.10 Å². The lowest BCUT2D eigenvalue weighted by Crippen LogP contribution is -2.22. The van der Waals surface area contributed by atoms with Gasteiger partial charge in [-0.25, -0.2) is 9.82 Å². The highest BCUT2D eigenvalue weighted by Crippen LogP contribution is 2.66. The summed E-state index contributed by atoms with van der Waals surface area (Å²) in [6.45, 7) is 2.21. The van der Waals surface area contributed by atoms with E-state index in [-0.39, 0.29) is 23.1 Å². The minimum absolute atomic E-state index is 0.0257. The molecule has 2 aliphatic carbocycles. The molecule has 0 aromatic heterocycles. The van der Waals surface area contributed by atoms with Gasteiger partial charge in [0.05, 0.1) is 6.21 Å². The molecule has 4 heteroatoms. The Labute approximate surface area is 118 Å². The maximum atomic E-state index is 12.7. The van der Waals surface area contributed by atoms with E-state index in [9.17, 15) is 9.18 Å². The summed E-state index contributed by atoms with van der Waals surface area (Å²) in [6, 6.07) is 6.01. The molecular formula is C16H19FN2O. The first-order chi connectivity index (χ1) is 9.61. The van der Waals surface area contributed by atoms with Crippen molar-refractivity contribution in [2.45, 2.75) is 32.6 Å². The third-order valence-corrected chi connectivity index (χ3v) is 4.87. The molecule has 0 spiro atoms. The first-order valence-electron chi connectivity index (χ1n) is 7.20. The summed E-state index contributed by atoms with van der Waals surface area (Å²) in [6.07, 6.45) is 6.33. The molecule has 2 fully saturated rings. The van der Waals surface area contributed by atoms with Gasteiger partial charge in [-0.3, -0.25) is 4.79 Å². The van der Waals surface area contributed by atoms with Gasteiger partial charge < -0.3 is 0 Å². The topological polar surface area (TPSA) is 41.5 Å². The van der Waals surface area contributed by atoms with Gasteiger partial charge in [-0.05, 0) is 41.9 Å². The molecule has 3 atom stereocenters. The summed E-state index contributed by atoms with van der Waals surface area (Å²) in [5.41, 5.74) is 3.60. The molecule has 0 aliphatic heterocycles. The van der Waals surface area contributed by atoms with Crippen molar-refractivity contribution in [2.75, 3.05) is 0 Å². The molecule has 0 heterocycles. The van der Waals surface area contributed by atoms with Crippen molar-refractivity contribution in [2.24, 2.45) is 22.4 Å². The summed E-state index contributed by atoms with van der Waals surface area (Å²) in [5, 5.41) is 3.97. The van der Waals surface area contributed by atoms with Gasteiger partial charge in [0, 0.05) is 5.92 Å². The van der Waals surface area contributed by atoms with Crippen LogP contribution in [0.15, 0.2) is 29.4 Å². The lowest BCUT2D eigenvalue weighted by Gasteiger charge is -2.15. The van der Waals surface area contributed by atoms with Gasteiger partial charge in [0.25, 0.3) is 0 Å². The molecule has 0 unspecified atom stereocenters. The Kier molecular flexibility index (Phi) is 3.32. The average Bonchev–Trinajstić information content (AvgIpc) is 3.06. The largest absolute Gasteiger partial charge is 0.273 e. The maximum absolute atomic E-state index is 12.7. The number of hydrazone groups is 1. The summed E-state index contributed by atoms with van der Waals surface area (Å²) in [4.78, 5) is 12.1. The quantitative estimate of drug-likeness (QED) is 0.668. The molecule has 0 saturated heterocycles. The summed E-state index contributed by atoms with van der Waals surface area (Å²) in [7, 11) is 0. The van der Waals surface area contributed by atoms with Gasteiger partial charge in [-0.15, -0.1) is 0 Å². The van der Waals surface area contributed by atoms with Crippen LogP contribution in [0.3, 0.4) is 0 Å². The Morgan fingerprint density at radius 3 is 2.80 bits per heavy atom. The van der Waals surface area contributed by atoms with Crippen molar-refractivity contribution in [3.63, 3.8) is 0 Å². The third kappa shape index (κ3) is 2.35. The van der Waals surface area contributed by atoms with Crippen molar-refractivity contribution in [1.82, 2.24) is 5.43 Å². The predicted molar refractivity (Wildman–Crippen MR) is 75.7 cm³/mol. The number of benzene rings is 1. The standard InChI is InChI=1S/C16H19FN2O/c1-16-9-3-2-4-13(16)14(16)15(20)19-18-10-11-5-7-12(17)8-6-11/h5-8,10,13-14H,2-4,9H2,1H3,(H,19,20)/b18-10-/t13-,14-,16-/m1/s1. The zero-order chi connectivity index (χ0) is 14.2. The molecule has 2 saturated carbocycles. The number of nitrogens with zero attached hydrogens (tertiary/aromatic N) is 1. The fourth-order valence-corrected chi connectivity index (χ4v) is 3.64. The molecule has 0 radical (unpaired) electrons. The first-order valence-corrected chi connectivity index (χ1v) is 7.20. The van der Waals surface area contributed by atoms with Crippen molar-refractivity contribution in [3.8, 4) is 0 Å². The molecule has 2 aliphatic rings. The maximum Gasteiger partial charge on any atom is 0.244 e. The highest BCUT2D eigenvalue weighted by molar-refractivity contribution is 5.85. The second kappa shape index (κ2) is 5.00. The van der Waals surface area contributed by atoms with Crippen molar-refractivity contribution in [3.05, 3.63) is 35.6 Å². The van der Waals surface area contributed by atoms with E-state index in [0.29, 0.717) is 5.92 Å². The number of fused-ring (bicyclic) bond motifs is 1. The lowest BCUT2D eigenvalue weighted by molar-refractivity contribution is -0.123. The number of nitrogens with one attached hydrogen (secondary N) is 1. The van der Waals surface area contributed by atoms with E-state index in [1.807, 2.05) is 0 Å². The van der Waals surface area contributed by atoms with Crippen molar-refractivity contribution in [1.29, 1.82) is 0 Å². The summed E-state index contributed by atoms with van der Waals surface area (Å²) < 4.78 is 12.7. The van der Waals surface area contributed by atoms with Crippen LogP contribution in [-0.4, -0.2) is 12.1 Å². The summed E-state index contributed by atoms with van der Waals surface area (Å²) in [5.74, 6) is 0.409. The zero-order valence-corrected chi connectivity index (χ0v) is 11.6. The number of carbonyl (C=O) groups excluding carboxylic acids is 1. The molecule has 3 nitrogen and oxygen atoms in total. The molecule has 106 valence electrons. The van der Waals surface area contributed by atoms with Crippen LogP contribution in [0.2, 0.25) is 0 Å². The normalized spacial score (nSPS) is 31.9. The van der Waals surface area contributed by atoms with Crippen molar-refractivity contribution >= 4 is 12.1 Å². The van der Waals surface area contributed by atoms with Gasteiger partial charge >= 0.3 is 0 Å². The number of amides is 1. The molecule has 0 bridgehead atoms. The molecule has 1 N–H and O–H groups in total. The Hall–Kier alpha value is -1.71. The zero-order valence-electron chi connectivity index (χ0n) is 11.6. The van der Waals surface area contributed by atoms with Gasteiger partial charge in [0.2, 0.25) is 5.91 Å². The smallest absolute Gasteiger partial charge is 0.244 e. The minimum Gasteiger partial charge on any atom is -0.273 e. The highest BCUT2D eigenvalue weighted by atomic mass is 19.1. The molecule has 1 aromatic carbocycles. The molecular weight excluding hydrogens is 255 g/mol. The Balaban J connectivity index is 1.56. The van der Waals surface area contributed by atoms with E-state index in [1.165, 1.54) is 25.0 Å². The van der Waals surface area contributed by atoms with E-state index < -0.39 is 0 Å². The summed E-state index contributed by atoms with van der Waals surface area (Å²) >= 11 is 0. The van der Waals surface area contributed by atoms with Gasteiger partial charge in [0.15, 0.2) is 0 Å². The average molecular weight is 274 g/mol. The SMILES string of the molecule is C[C@@]12CCCC[C@@H]1[C@@H]2C(=O)N/N=C\c1ccc(F)cc1. The Morgan fingerprint density at radius 2 is 2.15 bits per heavy atom. The number of carbonyl (C=O) groups is 1. The van der Waals surface area contributed by atoms with Gasteiger partial charge in [0.1, 0.15) is 5.82 Å². The molecule has 3 rings (SSSR count). The number of halogens is 1. The molecule has 1 amide bonds. The van der Waals surface area contributed by atoms with Crippen LogP contribution in [-0.2, 0) is 4.79 Å². The van der Waals surface area contributed by atoms with Crippen LogP contribution in [0, 0.1) is 23.1 Å². The van der Waals surface area contributed by atoms with Crippen molar-refractivity contribution < 1.29 is 9.18 Å². The van der Waals surface area contributed by atoms with Crippen LogP contribution in [0.1, 0.15) is 38.2 Å². The molecule has 1 aromatic rings. The number of rotatable bonds is 3. The Morgan fingerprint density at radius 1 is 1.40 bits per heavy atom. The van der Waals surface area contributed by atoms with Gasteiger partial charge in [-0.1, -0.05) is 31.9 Å². The molecule has 20 heavy (non-hydrogen) atoms. The van der Waals surface area contributed by atoms with Crippen LogP contribution in [0.25, 0.3) is 0 Å². The van der Waals surface area contributed by atoms with Crippen LogP contribution in [0.5, 0.6) is 0 Å². The second-order valence-corrected chi connectivity index (χ2v) is 6.12. The van der Waals surface area contributed by atoms with E-state index in [4.69, 9.17) is 0 Å². The van der Waals surface area contributed by atoms with E-state index in [0.717, 1.165) is 18.4 Å². The third-order valence-electron chi connectivity index (χ3n) is 4.87. The number of hydrogen-bond acceptors (Lipinski definition) is 2. The predicted octanol–water partition coefficient (Wildman–Crippen LogP) is 3.10. The fourth-order valence-electron chi connectivity index (χ4n) is 3.64. The fraction of sp³-hybridized carbons (Fsp3) is 0.500.